The van der Waals surface area contributed by atoms with E-state index in [1.807, 2.05) is 20.9 Å². The molecule has 0 amide bonds. The summed E-state index contributed by atoms with van der Waals surface area (Å²) in [5.74, 6) is 0.357. The van der Waals surface area contributed by atoms with Gasteiger partial charge in [-0.05, 0) is 26.0 Å². The van der Waals surface area contributed by atoms with Crippen LogP contribution in [0.4, 0.5) is 5.82 Å². The molecule has 0 bridgehead atoms. The first-order valence-corrected chi connectivity index (χ1v) is 8.10. The maximum atomic E-state index is 12.4. The first-order valence-electron chi connectivity index (χ1n) is 6.61. The minimum Gasteiger partial charge on any atom is -0.369 e. The number of nitrogens with one attached hydrogen (secondary N) is 2. The summed E-state index contributed by atoms with van der Waals surface area (Å²) in [5.41, 5.74) is 1.77. The Hall–Kier alpha value is -1.93. The van der Waals surface area contributed by atoms with Gasteiger partial charge in [0.25, 0.3) is 0 Å². The molecule has 2 heterocycles. The SMILES string of the molecule is CCNc1ncccc1S(=O)(=O)NCc1cnn(C)c1C. The van der Waals surface area contributed by atoms with E-state index in [9.17, 15) is 8.42 Å². The van der Waals surface area contributed by atoms with Crippen molar-refractivity contribution in [2.75, 3.05) is 11.9 Å². The topological polar surface area (TPSA) is 88.9 Å². The van der Waals surface area contributed by atoms with Gasteiger partial charge in [0.2, 0.25) is 10.0 Å². The van der Waals surface area contributed by atoms with E-state index < -0.39 is 10.0 Å². The van der Waals surface area contributed by atoms with Gasteiger partial charge in [0.15, 0.2) is 0 Å². The average Bonchev–Trinajstić information content (AvgIpc) is 2.78. The molecule has 0 spiro atoms. The zero-order valence-corrected chi connectivity index (χ0v) is 13.1. The number of anilines is 1. The lowest BCUT2D eigenvalue weighted by molar-refractivity contribution is 0.581. The van der Waals surface area contributed by atoms with E-state index in [1.165, 1.54) is 6.07 Å². The molecule has 2 aromatic rings. The minimum absolute atomic E-state index is 0.147. The monoisotopic (exact) mass is 309 g/mol. The van der Waals surface area contributed by atoms with E-state index in [1.54, 1.807) is 23.1 Å². The number of hydrogen-bond acceptors (Lipinski definition) is 5. The van der Waals surface area contributed by atoms with Crippen molar-refractivity contribution < 1.29 is 8.42 Å². The molecule has 0 aliphatic rings. The van der Waals surface area contributed by atoms with Crippen LogP contribution < -0.4 is 10.0 Å². The summed E-state index contributed by atoms with van der Waals surface area (Å²) in [6.07, 6.45) is 3.22. The van der Waals surface area contributed by atoms with Gasteiger partial charge < -0.3 is 5.32 Å². The Bertz CT molecular complexity index is 724. The van der Waals surface area contributed by atoms with Gasteiger partial charge >= 0.3 is 0 Å². The lowest BCUT2D eigenvalue weighted by Gasteiger charge is -2.11. The maximum Gasteiger partial charge on any atom is 0.244 e. The molecule has 0 aliphatic heterocycles. The highest BCUT2D eigenvalue weighted by Crippen LogP contribution is 2.18. The molecule has 0 atom stereocenters. The fourth-order valence-electron chi connectivity index (χ4n) is 1.88. The van der Waals surface area contributed by atoms with E-state index in [0.717, 1.165) is 11.3 Å². The first kappa shape index (κ1) is 15.5. The number of aryl methyl sites for hydroxylation is 1. The number of nitrogens with zero attached hydrogens (tertiary/aromatic N) is 3. The normalized spacial score (nSPS) is 11.6. The first-order chi connectivity index (χ1) is 9.95. The summed E-state index contributed by atoms with van der Waals surface area (Å²) < 4.78 is 29.1. The molecule has 0 radical (unpaired) electrons. The largest absolute Gasteiger partial charge is 0.369 e. The Morgan fingerprint density at radius 2 is 2.14 bits per heavy atom. The van der Waals surface area contributed by atoms with Gasteiger partial charge in [-0.1, -0.05) is 0 Å². The van der Waals surface area contributed by atoms with E-state index in [2.05, 4.69) is 20.1 Å². The smallest absolute Gasteiger partial charge is 0.244 e. The molecule has 0 aliphatic carbocycles. The molecule has 0 fully saturated rings. The van der Waals surface area contributed by atoms with Crippen LogP contribution in [0.15, 0.2) is 29.4 Å². The predicted octanol–water partition coefficient (Wildman–Crippen LogP) is 1.03. The van der Waals surface area contributed by atoms with Gasteiger partial charge in [0, 0.05) is 37.6 Å². The molecule has 2 N–H and O–H groups in total. The molecular weight excluding hydrogens is 290 g/mol. The third-order valence-electron chi connectivity index (χ3n) is 3.19. The fourth-order valence-corrected chi connectivity index (χ4v) is 3.01. The number of sulfonamides is 1. The van der Waals surface area contributed by atoms with Crippen molar-refractivity contribution in [2.24, 2.45) is 7.05 Å². The summed E-state index contributed by atoms with van der Waals surface area (Å²) in [6.45, 7) is 4.58. The zero-order valence-electron chi connectivity index (χ0n) is 12.3. The number of pyridine rings is 1. The highest BCUT2D eigenvalue weighted by Gasteiger charge is 2.19. The van der Waals surface area contributed by atoms with Crippen molar-refractivity contribution in [3.63, 3.8) is 0 Å². The Morgan fingerprint density at radius 1 is 1.38 bits per heavy atom. The zero-order chi connectivity index (χ0) is 15.5. The van der Waals surface area contributed by atoms with E-state index >= 15 is 0 Å². The van der Waals surface area contributed by atoms with Gasteiger partial charge in [-0.3, -0.25) is 4.68 Å². The molecule has 0 saturated heterocycles. The second-order valence-electron chi connectivity index (χ2n) is 4.58. The van der Waals surface area contributed by atoms with E-state index in [4.69, 9.17) is 0 Å². The van der Waals surface area contributed by atoms with Crippen LogP contribution >= 0.6 is 0 Å². The van der Waals surface area contributed by atoms with E-state index in [-0.39, 0.29) is 11.4 Å². The highest BCUT2D eigenvalue weighted by atomic mass is 32.2. The molecular formula is C13H19N5O2S. The molecule has 21 heavy (non-hydrogen) atoms. The Morgan fingerprint density at radius 3 is 2.76 bits per heavy atom. The van der Waals surface area contributed by atoms with Crippen molar-refractivity contribution in [3.8, 4) is 0 Å². The lowest BCUT2D eigenvalue weighted by atomic mass is 10.3. The number of rotatable bonds is 6. The van der Waals surface area contributed by atoms with Crippen LogP contribution in [0.25, 0.3) is 0 Å². The standard InChI is InChI=1S/C13H19N5O2S/c1-4-14-13-12(6-5-7-15-13)21(19,20)17-9-11-8-16-18(3)10(11)2/h5-8,17H,4,9H2,1-3H3,(H,14,15). The maximum absolute atomic E-state index is 12.4. The van der Waals surface area contributed by atoms with Crippen molar-refractivity contribution in [1.29, 1.82) is 0 Å². The summed E-state index contributed by atoms with van der Waals surface area (Å²) >= 11 is 0. The van der Waals surface area contributed by atoms with Gasteiger partial charge in [-0.25, -0.2) is 18.1 Å². The van der Waals surface area contributed by atoms with Gasteiger partial charge in [-0.2, -0.15) is 5.10 Å². The summed E-state index contributed by atoms with van der Waals surface area (Å²) in [7, 11) is -1.81. The molecule has 7 nitrogen and oxygen atoms in total. The van der Waals surface area contributed by atoms with Crippen molar-refractivity contribution in [1.82, 2.24) is 19.5 Å². The quantitative estimate of drug-likeness (QED) is 0.832. The van der Waals surface area contributed by atoms with Crippen molar-refractivity contribution >= 4 is 15.8 Å². The lowest BCUT2D eigenvalue weighted by Crippen LogP contribution is -2.25. The van der Waals surface area contributed by atoms with Crippen molar-refractivity contribution in [2.45, 2.75) is 25.3 Å². The van der Waals surface area contributed by atoms with Crippen molar-refractivity contribution in [3.05, 3.63) is 35.8 Å². The Labute approximate surface area is 124 Å². The summed E-state index contributed by atoms with van der Waals surface area (Å²) in [4.78, 5) is 4.21. The molecule has 2 rings (SSSR count). The molecule has 0 aromatic carbocycles. The second kappa shape index (κ2) is 6.23. The Kier molecular flexibility index (Phi) is 4.59. The van der Waals surface area contributed by atoms with Crippen LogP contribution in [0.1, 0.15) is 18.2 Å². The molecule has 0 unspecified atom stereocenters. The van der Waals surface area contributed by atoms with Gasteiger partial charge in [0.05, 0.1) is 6.20 Å². The minimum atomic E-state index is -3.63. The van der Waals surface area contributed by atoms with Gasteiger partial charge in [-0.15, -0.1) is 0 Å². The third kappa shape index (κ3) is 3.40. The average molecular weight is 309 g/mol. The second-order valence-corrected chi connectivity index (χ2v) is 6.32. The summed E-state index contributed by atoms with van der Waals surface area (Å²) in [6, 6.07) is 3.13. The van der Waals surface area contributed by atoms with Crippen LogP contribution in [-0.2, 0) is 23.6 Å². The highest BCUT2D eigenvalue weighted by molar-refractivity contribution is 7.89. The predicted molar refractivity (Wildman–Crippen MR) is 80.4 cm³/mol. The Balaban J connectivity index is 2.21. The van der Waals surface area contributed by atoms with Crippen LogP contribution in [-0.4, -0.2) is 29.7 Å². The summed E-state index contributed by atoms with van der Waals surface area (Å²) in [5, 5.41) is 7.04. The van der Waals surface area contributed by atoms with Crippen LogP contribution in [0.5, 0.6) is 0 Å². The number of hydrogen-bond donors (Lipinski definition) is 2. The fraction of sp³-hybridized carbons (Fsp3) is 0.385. The van der Waals surface area contributed by atoms with Gasteiger partial charge in [0.1, 0.15) is 10.7 Å². The number of aromatic nitrogens is 3. The molecule has 8 heteroatoms. The molecule has 0 saturated carbocycles. The van der Waals surface area contributed by atoms with E-state index in [0.29, 0.717) is 12.4 Å². The third-order valence-corrected chi connectivity index (χ3v) is 4.63. The van der Waals surface area contributed by atoms with Crippen LogP contribution in [0.2, 0.25) is 0 Å². The van der Waals surface area contributed by atoms with Crippen LogP contribution in [0, 0.1) is 6.92 Å². The molecule has 2 aromatic heterocycles. The molecule has 114 valence electrons. The van der Waals surface area contributed by atoms with Crippen LogP contribution in [0.3, 0.4) is 0 Å².